The van der Waals surface area contributed by atoms with E-state index in [1.54, 1.807) is 0 Å². The summed E-state index contributed by atoms with van der Waals surface area (Å²) in [6.45, 7) is 0. The van der Waals surface area contributed by atoms with E-state index in [9.17, 15) is 0 Å². The van der Waals surface area contributed by atoms with Gasteiger partial charge in [-0.15, -0.1) is 0 Å². The molecule has 0 saturated carbocycles. The Morgan fingerprint density at radius 3 is 1.14 bits per heavy atom. The fourth-order valence-corrected chi connectivity index (χ4v) is 7.83. The van der Waals surface area contributed by atoms with E-state index in [2.05, 4.69) is 158 Å². The smallest absolute Gasteiger partial charge is 0.00201 e. The van der Waals surface area contributed by atoms with Crippen molar-refractivity contribution in [3.05, 3.63) is 158 Å². The minimum absolute atomic E-state index is 1.23. The third kappa shape index (κ3) is 3.23. The van der Waals surface area contributed by atoms with Crippen molar-refractivity contribution in [2.75, 3.05) is 0 Å². The lowest BCUT2D eigenvalue weighted by molar-refractivity contribution is 1.59. The van der Waals surface area contributed by atoms with Gasteiger partial charge in [-0.1, -0.05) is 152 Å². The number of fused-ring (bicyclic) bond motifs is 6. The summed E-state index contributed by atoms with van der Waals surface area (Å²) < 4.78 is 0. The standard InChI is InChI=1S/C44H26/c1-3-12-35-33(10-1)39-16-6-14-37-31(22-24-41(35)43(37)39)28-20-18-27(19-21-28)29-8-5-9-30(26-29)32-23-25-42-36-13-4-2-11-34(36)40-17-7-15-38(32)44(40)42/h1-26H. The normalized spacial score (nSPS) is 12.1. The van der Waals surface area contributed by atoms with Crippen molar-refractivity contribution in [1.82, 2.24) is 0 Å². The number of benzene rings is 8. The molecule has 0 spiro atoms. The Hall–Kier alpha value is -5.72. The van der Waals surface area contributed by atoms with Gasteiger partial charge >= 0.3 is 0 Å². The second-order valence-corrected chi connectivity index (χ2v) is 12.0. The van der Waals surface area contributed by atoms with Crippen molar-refractivity contribution < 1.29 is 0 Å². The Morgan fingerprint density at radius 2 is 0.591 bits per heavy atom. The molecular weight excluding hydrogens is 528 g/mol. The maximum absolute atomic E-state index is 2.34. The van der Waals surface area contributed by atoms with Crippen LogP contribution in [0.2, 0.25) is 0 Å². The van der Waals surface area contributed by atoms with Crippen molar-refractivity contribution in [2.24, 2.45) is 0 Å². The molecule has 0 fully saturated rings. The summed E-state index contributed by atoms with van der Waals surface area (Å²) in [5.74, 6) is 0. The van der Waals surface area contributed by atoms with Gasteiger partial charge in [0.05, 0.1) is 0 Å². The van der Waals surface area contributed by atoms with Gasteiger partial charge in [-0.2, -0.15) is 0 Å². The molecule has 0 amide bonds. The molecule has 0 aliphatic heterocycles. The molecule has 0 atom stereocenters. The van der Waals surface area contributed by atoms with E-state index in [0.717, 1.165) is 0 Å². The second kappa shape index (κ2) is 8.89. The van der Waals surface area contributed by atoms with Crippen LogP contribution in [0, 0.1) is 0 Å². The maximum atomic E-state index is 2.34. The Labute approximate surface area is 256 Å². The monoisotopic (exact) mass is 554 g/mol. The van der Waals surface area contributed by atoms with E-state index in [4.69, 9.17) is 0 Å². The van der Waals surface area contributed by atoms with Crippen molar-refractivity contribution in [1.29, 1.82) is 0 Å². The first kappa shape index (κ1) is 23.8. The van der Waals surface area contributed by atoms with E-state index < -0.39 is 0 Å². The molecule has 0 heteroatoms. The molecule has 0 radical (unpaired) electrons. The lowest BCUT2D eigenvalue weighted by Gasteiger charge is -2.12. The SMILES string of the molecule is c1cc(-c2ccc(-c3ccc4c5c(cccc35)-c3ccccc3-4)cc2)cc(-c2ccc3c4c(cccc24)-c2ccccc2-3)c1. The van der Waals surface area contributed by atoms with Crippen LogP contribution in [0.25, 0.3) is 99.4 Å². The van der Waals surface area contributed by atoms with Crippen LogP contribution in [0.1, 0.15) is 0 Å². The lowest BCUT2D eigenvalue weighted by Crippen LogP contribution is -1.86. The third-order valence-corrected chi connectivity index (χ3v) is 9.80. The predicted octanol–water partition coefficient (Wildman–Crippen LogP) is 12.3. The molecule has 10 rings (SSSR count). The van der Waals surface area contributed by atoms with Gasteiger partial charge in [0.1, 0.15) is 0 Å². The first-order valence-corrected chi connectivity index (χ1v) is 15.4. The third-order valence-electron chi connectivity index (χ3n) is 9.80. The molecular formula is C44H26. The van der Waals surface area contributed by atoms with E-state index in [-0.39, 0.29) is 0 Å². The molecule has 8 aromatic rings. The van der Waals surface area contributed by atoms with Gasteiger partial charge in [0.25, 0.3) is 0 Å². The largest absolute Gasteiger partial charge is 0.0616 e. The lowest BCUT2D eigenvalue weighted by atomic mass is 9.91. The number of hydrogen-bond donors (Lipinski definition) is 0. The minimum atomic E-state index is 1.23. The van der Waals surface area contributed by atoms with Gasteiger partial charge in [-0.3, -0.25) is 0 Å². The predicted molar refractivity (Wildman–Crippen MR) is 187 cm³/mol. The van der Waals surface area contributed by atoms with Crippen LogP contribution in [0.15, 0.2) is 158 Å². The van der Waals surface area contributed by atoms with E-state index in [1.807, 2.05) is 0 Å². The van der Waals surface area contributed by atoms with Crippen LogP contribution in [0.3, 0.4) is 0 Å². The Kier molecular flexibility index (Phi) is 4.81. The molecule has 0 aromatic heterocycles. The van der Waals surface area contributed by atoms with Gasteiger partial charge in [0, 0.05) is 0 Å². The quantitative estimate of drug-likeness (QED) is 0.204. The van der Waals surface area contributed by atoms with Gasteiger partial charge in [-0.05, 0) is 105 Å². The van der Waals surface area contributed by atoms with Crippen LogP contribution >= 0.6 is 0 Å². The van der Waals surface area contributed by atoms with Crippen LogP contribution in [0.5, 0.6) is 0 Å². The Balaban J connectivity index is 1.04. The molecule has 202 valence electrons. The van der Waals surface area contributed by atoms with Crippen LogP contribution in [-0.2, 0) is 0 Å². The Morgan fingerprint density at radius 1 is 0.205 bits per heavy atom. The average molecular weight is 555 g/mol. The van der Waals surface area contributed by atoms with Crippen molar-refractivity contribution in [3.8, 4) is 77.9 Å². The van der Waals surface area contributed by atoms with Gasteiger partial charge in [0.15, 0.2) is 0 Å². The molecule has 0 nitrogen and oxygen atoms in total. The minimum Gasteiger partial charge on any atom is -0.0616 e. The van der Waals surface area contributed by atoms with Crippen molar-refractivity contribution >= 4 is 21.5 Å². The second-order valence-electron chi connectivity index (χ2n) is 12.0. The summed E-state index contributed by atoms with van der Waals surface area (Å²) in [6.07, 6.45) is 0. The highest BCUT2D eigenvalue weighted by atomic mass is 14.3. The highest BCUT2D eigenvalue weighted by Crippen LogP contribution is 2.50. The zero-order valence-corrected chi connectivity index (χ0v) is 24.0. The number of rotatable bonds is 3. The number of hydrogen-bond acceptors (Lipinski definition) is 0. The molecule has 0 N–H and O–H groups in total. The van der Waals surface area contributed by atoms with Gasteiger partial charge < -0.3 is 0 Å². The van der Waals surface area contributed by atoms with E-state index in [1.165, 1.54) is 99.4 Å². The molecule has 2 aliphatic rings. The molecule has 44 heavy (non-hydrogen) atoms. The molecule has 0 saturated heterocycles. The first-order valence-electron chi connectivity index (χ1n) is 15.4. The van der Waals surface area contributed by atoms with E-state index in [0.29, 0.717) is 0 Å². The van der Waals surface area contributed by atoms with Crippen molar-refractivity contribution in [2.45, 2.75) is 0 Å². The summed E-state index contributed by atoms with van der Waals surface area (Å²) in [5, 5.41) is 5.38. The fourth-order valence-electron chi connectivity index (χ4n) is 7.83. The zero-order valence-electron chi connectivity index (χ0n) is 24.0. The van der Waals surface area contributed by atoms with Gasteiger partial charge in [0.2, 0.25) is 0 Å². The van der Waals surface area contributed by atoms with Crippen molar-refractivity contribution in [3.63, 3.8) is 0 Å². The summed E-state index contributed by atoms with van der Waals surface area (Å²) in [7, 11) is 0. The molecule has 8 aromatic carbocycles. The summed E-state index contributed by atoms with van der Waals surface area (Å²) in [4.78, 5) is 0. The molecule has 0 unspecified atom stereocenters. The average Bonchev–Trinajstić information content (AvgIpc) is 3.60. The van der Waals surface area contributed by atoms with Gasteiger partial charge in [-0.25, -0.2) is 0 Å². The Bertz CT molecular complexity index is 2420. The molecule has 2 aliphatic carbocycles. The van der Waals surface area contributed by atoms with Crippen LogP contribution in [-0.4, -0.2) is 0 Å². The fraction of sp³-hybridized carbons (Fsp3) is 0. The topological polar surface area (TPSA) is 0 Å². The molecule has 0 bridgehead atoms. The van der Waals surface area contributed by atoms with Crippen LogP contribution < -0.4 is 0 Å². The summed E-state index contributed by atoms with van der Waals surface area (Å²) in [6, 6.07) is 58.4. The highest BCUT2D eigenvalue weighted by molar-refractivity contribution is 6.20. The maximum Gasteiger partial charge on any atom is -0.00201 e. The van der Waals surface area contributed by atoms with E-state index >= 15 is 0 Å². The van der Waals surface area contributed by atoms with Crippen LogP contribution in [0.4, 0.5) is 0 Å². The summed E-state index contributed by atoms with van der Waals surface area (Å²) >= 11 is 0. The molecule has 0 heterocycles. The first-order chi connectivity index (χ1) is 21.8. The zero-order chi connectivity index (χ0) is 28.8. The highest BCUT2D eigenvalue weighted by Gasteiger charge is 2.23. The summed E-state index contributed by atoms with van der Waals surface area (Å²) in [5.41, 5.74) is 18.2.